The highest BCUT2D eigenvalue weighted by Gasteiger charge is 2.24. The number of hydrazone groups is 1. The molecule has 0 spiro atoms. The van der Waals surface area contributed by atoms with E-state index in [1.54, 1.807) is 0 Å². The standard InChI is InChI=1S/C12H12F3IN2S/c13-10-6-5-9(11(14)12(10)15)7-1-3-8(4-2-7)17-18-19-16/h5-7,18H,1-4H2. The van der Waals surface area contributed by atoms with Gasteiger partial charge >= 0.3 is 0 Å². The van der Waals surface area contributed by atoms with E-state index in [0.29, 0.717) is 12.8 Å². The maximum atomic E-state index is 13.7. The lowest BCUT2D eigenvalue weighted by molar-refractivity contribution is 0.427. The van der Waals surface area contributed by atoms with Crippen LogP contribution in [-0.2, 0) is 0 Å². The van der Waals surface area contributed by atoms with E-state index in [-0.39, 0.29) is 11.5 Å². The van der Waals surface area contributed by atoms with Gasteiger partial charge in [-0.15, -0.1) is 0 Å². The molecule has 1 aliphatic carbocycles. The molecule has 1 aromatic carbocycles. The topological polar surface area (TPSA) is 24.4 Å². The maximum absolute atomic E-state index is 13.7. The molecule has 0 bridgehead atoms. The number of benzene rings is 1. The normalized spacial score (nSPS) is 19.4. The third-order valence-corrected chi connectivity index (χ3v) is 4.06. The van der Waals surface area contributed by atoms with Gasteiger partial charge in [-0.05, 0) is 43.2 Å². The Kier molecular flexibility index (Phi) is 5.37. The third-order valence-electron chi connectivity index (χ3n) is 3.31. The molecule has 0 aliphatic heterocycles. The molecule has 0 atom stereocenters. The van der Waals surface area contributed by atoms with Crippen molar-refractivity contribution in [3.63, 3.8) is 0 Å². The van der Waals surface area contributed by atoms with Crippen LogP contribution < -0.4 is 4.83 Å². The first-order valence-electron chi connectivity index (χ1n) is 5.85. The molecule has 104 valence electrons. The smallest absolute Gasteiger partial charge is 0.194 e. The van der Waals surface area contributed by atoms with E-state index >= 15 is 0 Å². The van der Waals surface area contributed by atoms with Gasteiger partial charge < -0.3 is 0 Å². The van der Waals surface area contributed by atoms with Crippen LogP contribution in [0.15, 0.2) is 17.2 Å². The zero-order valence-electron chi connectivity index (χ0n) is 9.93. The molecule has 1 saturated carbocycles. The van der Waals surface area contributed by atoms with E-state index in [1.165, 1.54) is 15.2 Å². The second-order valence-electron chi connectivity index (χ2n) is 4.39. The lowest BCUT2D eigenvalue weighted by Crippen LogP contribution is -2.16. The number of hydrogen-bond donors (Lipinski definition) is 1. The van der Waals surface area contributed by atoms with Crippen LogP contribution in [0.1, 0.15) is 37.2 Å². The quantitative estimate of drug-likeness (QED) is 0.344. The number of rotatable bonds is 3. The molecule has 1 aromatic rings. The summed E-state index contributed by atoms with van der Waals surface area (Å²) in [7, 11) is 1.38. The fourth-order valence-corrected chi connectivity index (χ4v) is 2.77. The summed E-state index contributed by atoms with van der Waals surface area (Å²) in [6.07, 6.45) is 2.89. The summed E-state index contributed by atoms with van der Waals surface area (Å²) in [5.74, 6) is -3.63. The molecule has 0 unspecified atom stereocenters. The Morgan fingerprint density at radius 2 is 1.84 bits per heavy atom. The maximum Gasteiger partial charge on any atom is 0.194 e. The fourth-order valence-electron chi connectivity index (χ4n) is 2.31. The largest absolute Gasteiger partial charge is 0.242 e. The fraction of sp³-hybridized carbons (Fsp3) is 0.417. The van der Waals surface area contributed by atoms with Gasteiger partial charge in [0.1, 0.15) is 0 Å². The van der Waals surface area contributed by atoms with Crippen LogP contribution >= 0.6 is 30.3 Å². The van der Waals surface area contributed by atoms with Crippen molar-refractivity contribution in [3.05, 3.63) is 35.1 Å². The highest BCUT2D eigenvalue weighted by Crippen LogP contribution is 2.34. The summed E-state index contributed by atoms with van der Waals surface area (Å²) in [5, 5.41) is 4.18. The zero-order valence-corrected chi connectivity index (χ0v) is 12.9. The van der Waals surface area contributed by atoms with E-state index in [4.69, 9.17) is 0 Å². The van der Waals surface area contributed by atoms with Gasteiger partial charge in [-0.2, -0.15) is 5.10 Å². The van der Waals surface area contributed by atoms with Crippen molar-refractivity contribution in [3.8, 4) is 0 Å². The Balaban J connectivity index is 2.08. The molecular weight excluding hydrogens is 388 g/mol. The summed E-state index contributed by atoms with van der Waals surface area (Å²) in [6.45, 7) is 0. The molecule has 2 nitrogen and oxygen atoms in total. The van der Waals surface area contributed by atoms with E-state index in [9.17, 15) is 13.2 Å². The predicted octanol–water partition coefficient (Wildman–Crippen LogP) is 4.71. The van der Waals surface area contributed by atoms with Crippen LogP contribution in [-0.4, -0.2) is 5.71 Å². The highest BCUT2D eigenvalue weighted by molar-refractivity contribution is 14.2. The Labute approximate surface area is 125 Å². The average molecular weight is 400 g/mol. The molecule has 0 amide bonds. The first kappa shape index (κ1) is 15.0. The monoisotopic (exact) mass is 400 g/mol. The van der Waals surface area contributed by atoms with E-state index in [2.05, 4.69) is 31.1 Å². The highest BCUT2D eigenvalue weighted by atomic mass is 127. The summed E-state index contributed by atoms with van der Waals surface area (Å²) in [5.41, 5.74) is 1.30. The number of halogens is 4. The Hall–Kier alpha value is -0.440. The van der Waals surface area contributed by atoms with Gasteiger partial charge in [0.25, 0.3) is 0 Å². The van der Waals surface area contributed by atoms with E-state index in [1.807, 2.05) is 0 Å². The summed E-state index contributed by atoms with van der Waals surface area (Å²) in [4.78, 5) is 2.81. The molecule has 2 rings (SSSR count). The van der Waals surface area contributed by atoms with Crippen LogP contribution in [0, 0.1) is 17.5 Å². The molecule has 7 heteroatoms. The van der Waals surface area contributed by atoms with Crippen molar-refractivity contribution in [1.82, 2.24) is 4.83 Å². The minimum Gasteiger partial charge on any atom is -0.242 e. The molecule has 19 heavy (non-hydrogen) atoms. The van der Waals surface area contributed by atoms with Gasteiger partial charge in [0.05, 0.1) is 0 Å². The zero-order chi connectivity index (χ0) is 13.8. The molecule has 0 aromatic heterocycles. The van der Waals surface area contributed by atoms with Crippen LogP contribution in [0.25, 0.3) is 0 Å². The van der Waals surface area contributed by atoms with Crippen LogP contribution in [0.3, 0.4) is 0 Å². The second-order valence-corrected chi connectivity index (χ2v) is 6.04. The minimum absolute atomic E-state index is 0.0682. The summed E-state index contributed by atoms with van der Waals surface area (Å²) in [6, 6.07) is 2.34. The summed E-state index contributed by atoms with van der Waals surface area (Å²) < 4.78 is 39.8. The molecule has 0 radical (unpaired) electrons. The summed E-state index contributed by atoms with van der Waals surface area (Å²) >= 11 is 2.08. The first-order valence-corrected chi connectivity index (χ1v) is 9.20. The minimum atomic E-state index is -1.38. The second kappa shape index (κ2) is 6.83. The van der Waals surface area contributed by atoms with Gasteiger partial charge in [-0.3, -0.25) is 0 Å². The van der Waals surface area contributed by atoms with Crippen molar-refractivity contribution in [2.75, 3.05) is 0 Å². The molecule has 0 heterocycles. The SMILES string of the molecule is Fc1ccc(C2CCC(=NNSI)CC2)c(F)c1F. The lowest BCUT2D eigenvalue weighted by atomic mass is 9.83. The van der Waals surface area contributed by atoms with Crippen LogP contribution in [0.2, 0.25) is 0 Å². The molecule has 1 fully saturated rings. The Morgan fingerprint density at radius 1 is 1.16 bits per heavy atom. The van der Waals surface area contributed by atoms with Gasteiger partial charge in [-0.25, -0.2) is 18.0 Å². The van der Waals surface area contributed by atoms with E-state index in [0.717, 1.165) is 24.6 Å². The number of nitrogens with one attached hydrogen (secondary N) is 1. The lowest BCUT2D eigenvalue weighted by Gasteiger charge is -2.23. The van der Waals surface area contributed by atoms with Crippen LogP contribution in [0.5, 0.6) is 0 Å². The van der Waals surface area contributed by atoms with Gasteiger partial charge in [0, 0.05) is 36.0 Å². The van der Waals surface area contributed by atoms with E-state index < -0.39 is 17.5 Å². The third kappa shape index (κ3) is 3.56. The van der Waals surface area contributed by atoms with Gasteiger partial charge in [0.15, 0.2) is 17.5 Å². The van der Waals surface area contributed by atoms with Crippen LogP contribution in [0.4, 0.5) is 13.2 Å². The van der Waals surface area contributed by atoms with Crippen molar-refractivity contribution < 1.29 is 13.2 Å². The van der Waals surface area contributed by atoms with Crippen molar-refractivity contribution in [2.45, 2.75) is 31.6 Å². The first-order chi connectivity index (χ1) is 9.13. The van der Waals surface area contributed by atoms with Crippen molar-refractivity contribution in [2.24, 2.45) is 5.10 Å². The van der Waals surface area contributed by atoms with Gasteiger partial charge in [-0.1, -0.05) is 6.07 Å². The number of nitrogens with zero attached hydrogens (tertiary/aromatic N) is 1. The molecule has 1 aliphatic rings. The van der Waals surface area contributed by atoms with Gasteiger partial charge in [0.2, 0.25) is 0 Å². The number of hydrogen-bond acceptors (Lipinski definition) is 3. The molecule has 0 saturated heterocycles. The van der Waals surface area contributed by atoms with Crippen molar-refractivity contribution >= 4 is 36.0 Å². The Morgan fingerprint density at radius 3 is 2.47 bits per heavy atom. The predicted molar refractivity (Wildman–Crippen MR) is 79.7 cm³/mol. The average Bonchev–Trinajstić information content (AvgIpc) is 2.44. The Bertz CT molecular complexity index is 486. The van der Waals surface area contributed by atoms with Crippen molar-refractivity contribution in [1.29, 1.82) is 0 Å². The molecule has 1 N–H and O–H groups in total. The molecular formula is C12H12F3IN2S.